The van der Waals surface area contributed by atoms with E-state index in [0.29, 0.717) is 5.56 Å². The first kappa shape index (κ1) is 22.0. The Hall–Kier alpha value is -1.74. The van der Waals surface area contributed by atoms with Crippen molar-refractivity contribution in [2.45, 2.75) is 22.9 Å². The van der Waals surface area contributed by atoms with Gasteiger partial charge in [0.15, 0.2) is 14.7 Å². The van der Waals surface area contributed by atoms with Crippen LogP contribution in [0.25, 0.3) is 11.1 Å². The summed E-state index contributed by atoms with van der Waals surface area (Å²) in [5, 5.41) is 12.6. The van der Waals surface area contributed by atoms with E-state index in [9.17, 15) is 22.7 Å². The van der Waals surface area contributed by atoms with Crippen LogP contribution in [0, 0.1) is 0 Å². The van der Waals surface area contributed by atoms with Crippen LogP contribution in [0.15, 0.2) is 42.6 Å². The number of aliphatic hydroxyl groups is 1. The second-order valence-corrected chi connectivity index (χ2v) is 10.1. The lowest BCUT2D eigenvalue weighted by Crippen LogP contribution is -2.43. The van der Waals surface area contributed by atoms with Crippen LogP contribution >= 0.6 is 23.2 Å². The van der Waals surface area contributed by atoms with Gasteiger partial charge in [0.05, 0.1) is 17.5 Å². The minimum Gasteiger partial charge on any atom is -0.386 e. The topological polar surface area (TPSA) is 96.4 Å². The van der Waals surface area contributed by atoms with Crippen LogP contribution < -0.4 is 5.32 Å². The quantitative estimate of drug-likeness (QED) is 0.618. The molecule has 1 saturated heterocycles. The van der Waals surface area contributed by atoms with Crippen LogP contribution in [0.1, 0.15) is 23.3 Å². The first-order chi connectivity index (χ1) is 13.7. The van der Waals surface area contributed by atoms with Crippen molar-refractivity contribution < 1.29 is 22.7 Å². The van der Waals surface area contributed by atoms with Gasteiger partial charge < -0.3 is 10.4 Å². The van der Waals surface area contributed by atoms with E-state index in [4.69, 9.17) is 23.2 Å². The summed E-state index contributed by atoms with van der Waals surface area (Å²) in [6.45, 7) is -0.989. The average Bonchev–Trinajstić information content (AvgIpc) is 2.69. The highest BCUT2D eigenvalue weighted by atomic mass is 35.5. The number of pyridine rings is 1. The normalized spacial score (nSPS) is 18.1. The van der Waals surface area contributed by atoms with Gasteiger partial charge in [0.2, 0.25) is 0 Å². The third kappa shape index (κ3) is 5.25. The molecule has 29 heavy (non-hydrogen) atoms. The highest BCUT2D eigenvalue weighted by Gasteiger charge is 2.35. The van der Waals surface area contributed by atoms with Gasteiger partial charge in [-0.15, -0.1) is 0 Å². The van der Waals surface area contributed by atoms with Gasteiger partial charge in [-0.25, -0.2) is 12.8 Å². The zero-order chi connectivity index (χ0) is 21.2. The predicted octanol–water partition coefficient (Wildman–Crippen LogP) is 2.55. The third-order valence-corrected chi connectivity index (χ3v) is 6.99. The van der Waals surface area contributed by atoms with E-state index in [-0.39, 0.29) is 17.4 Å². The summed E-state index contributed by atoms with van der Waals surface area (Å²) < 4.78 is 35.8. The molecule has 1 fully saturated rings. The molecule has 2 aromatic rings. The number of alkyl halides is 3. The molecule has 3 rings (SSSR count). The van der Waals surface area contributed by atoms with E-state index in [0.717, 1.165) is 16.8 Å². The third-order valence-electron chi connectivity index (χ3n) is 4.77. The summed E-state index contributed by atoms with van der Waals surface area (Å²) in [6.07, 6.45) is 0.392. The summed E-state index contributed by atoms with van der Waals surface area (Å²) in [5.41, 5.74) is 2.80. The van der Waals surface area contributed by atoms with Crippen molar-refractivity contribution in [1.29, 1.82) is 0 Å². The molecule has 156 valence electrons. The number of benzene rings is 1. The van der Waals surface area contributed by atoms with Crippen LogP contribution in [0.4, 0.5) is 4.39 Å². The zero-order valence-corrected chi connectivity index (χ0v) is 17.5. The van der Waals surface area contributed by atoms with E-state index >= 15 is 0 Å². The van der Waals surface area contributed by atoms with Crippen molar-refractivity contribution in [3.63, 3.8) is 0 Å². The number of aliphatic hydroxyl groups excluding tert-OH is 1. The maximum atomic E-state index is 13.2. The molecule has 2 heterocycles. The lowest BCUT2D eigenvalue weighted by atomic mass is 9.99. The van der Waals surface area contributed by atoms with Crippen LogP contribution in [0.5, 0.6) is 0 Å². The molecule has 0 spiro atoms. The first-order valence-corrected chi connectivity index (χ1v) is 11.5. The Bertz CT molecular complexity index is 957. The number of halogens is 3. The summed E-state index contributed by atoms with van der Waals surface area (Å²) in [7, 11) is -2.91. The van der Waals surface area contributed by atoms with Crippen molar-refractivity contribution in [3.05, 3.63) is 53.9 Å². The molecule has 1 amide bonds. The summed E-state index contributed by atoms with van der Waals surface area (Å²) in [5.74, 6) is -0.573. The maximum Gasteiger partial charge on any atom is 0.253 e. The van der Waals surface area contributed by atoms with E-state index in [1.54, 1.807) is 36.5 Å². The number of aromatic nitrogens is 1. The van der Waals surface area contributed by atoms with Crippen LogP contribution in [0.3, 0.4) is 0 Å². The van der Waals surface area contributed by atoms with Gasteiger partial charge in [-0.1, -0.05) is 53.5 Å². The van der Waals surface area contributed by atoms with Gasteiger partial charge in [0, 0.05) is 23.4 Å². The Balaban J connectivity index is 1.68. The lowest BCUT2D eigenvalue weighted by molar-refractivity contribution is -0.121. The Kier molecular flexibility index (Phi) is 6.78. The average molecular weight is 461 g/mol. The number of nitrogens with zero attached hydrogens (tertiary/aromatic N) is 1. The molecule has 6 nitrogen and oxygen atoms in total. The molecule has 1 aliphatic heterocycles. The predicted molar refractivity (Wildman–Crippen MR) is 109 cm³/mol. The molecule has 0 aliphatic carbocycles. The Morgan fingerprint density at radius 3 is 2.28 bits per heavy atom. The number of carbonyl (C=O) groups is 1. The second-order valence-electron chi connectivity index (χ2n) is 6.88. The SMILES string of the molecule is O=C(NC(CF)C(O)c1ccc(-c2ccc(C3CS(=O)(=O)C3)nc2)cc1)C(Cl)Cl. The Morgan fingerprint density at radius 1 is 1.17 bits per heavy atom. The standard InChI is InChI=1S/C19H19Cl2FN2O4S/c20-18(21)19(26)24-16(7-22)17(25)12-3-1-11(2-4-12)13-5-6-15(23-8-13)14-9-29(27,28)10-14/h1-6,8,14,16-18,25H,7,9-10H2,(H,24,26). The Labute approximate surface area is 178 Å². The van der Waals surface area contributed by atoms with Gasteiger partial charge >= 0.3 is 0 Å². The lowest BCUT2D eigenvalue weighted by Gasteiger charge is -2.25. The smallest absolute Gasteiger partial charge is 0.253 e. The van der Waals surface area contributed by atoms with E-state index in [2.05, 4.69) is 10.3 Å². The van der Waals surface area contributed by atoms with Gasteiger partial charge in [-0.3, -0.25) is 9.78 Å². The molecule has 2 unspecified atom stereocenters. The molecule has 1 aromatic carbocycles. The minimum absolute atomic E-state index is 0.0556. The van der Waals surface area contributed by atoms with Crippen molar-refractivity contribution in [3.8, 4) is 11.1 Å². The monoisotopic (exact) mass is 460 g/mol. The fourth-order valence-electron chi connectivity index (χ4n) is 3.11. The van der Waals surface area contributed by atoms with Crippen LogP contribution in [-0.2, 0) is 14.6 Å². The van der Waals surface area contributed by atoms with Crippen molar-refractivity contribution in [2.75, 3.05) is 18.2 Å². The van der Waals surface area contributed by atoms with E-state index in [1.807, 2.05) is 6.07 Å². The van der Waals surface area contributed by atoms with E-state index in [1.165, 1.54) is 0 Å². The van der Waals surface area contributed by atoms with Crippen molar-refractivity contribution >= 4 is 38.9 Å². The minimum atomic E-state index is -2.91. The van der Waals surface area contributed by atoms with Gasteiger partial charge in [-0.05, 0) is 17.2 Å². The fraction of sp³-hybridized carbons (Fsp3) is 0.368. The molecule has 0 saturated carbocycles. The first-order valence-electron chi connectivity index (χ1n) is 8.79. The molecule has 0 bridgehead atoms. The Morgan fingerprint density at radius 2 is 1.79 bits per heavy atom. The molecular weight excluding hydrogens is 442 g/mol. The van der Waals surface area contributed by atoms with Crippen molar-refractivity contribution in [2.24, 2.45) is 0 Å². The summed E-state index contributed by atoms with van der Waals surface area (Å²) >= 11 is 10.9. The number of carbonyl (C=O) groups excluding carboxylic acids is 1. The number of hydrogen-bond acceptors (Lipinski definition) is 5. The van der Waals surface area contributed by atoms with Gasteiger partial charge in [-0.2, -0.15) is 0 Å². The highest BCUT2D eigenvalue weighted by molar-refractivity contribution is 7.92. The number of amides is 1. The molecular formula is C19H19Cl2FN2O4S. The van der Waals surface area contributed by atoms with Crippen LogP contribution in [0.2, 0.25) is 0 Å². The molecule has 10 heteroatoms. The highest BCUT2D eigenvalue weighted by Crippen LogP contribution is 2.29. The second kappa shape index (κ2) is 8.95. The zero-order valence-electron chi connectivity index (χ0n) is 15.1. The van der Waals surface area contributed by atoms with E-state index < -0.39 is 39.4 Å². The number of nitrogens with one attached hydrogen (secondary N) is 1. The molecule has 0 radical (unpaired) electrons. The summed E-state index contributed by atoms with van der Waals surface area (Å²) in [4.78, 5) is 14.5. The van der Waals surface area contributed by atoms with Gasteiger partial charge in [0.1, 0.15) is 12.8 Å². The molecule has 1 aromatic heterocycles. The summed E-state index contributed by atoms with van der Waals surface area (Å²) in [6, 6.07) is 9.22. The molecule has 2 N–H and O–H groups in total. The van der Waals surface area contributed by atoms with Crippen LogP contribution in [-0.4, -0.2) is 53.5 Å². The largest absolute Gasteiger partial charge is 0.386 e. The fourth-order valence-corrected chi connectivity index (χ4v) is 4.70. The molecule has 1 aliphatic rings. The van der Waals surface area contributed by atoms with Gasteiger partial charge in [0.25, 0.3) is 5.91 Å². The van der Waals surface area contributed by atoms with Crippen molar-refractivity contribution in [1.82, 2.24) is 10.3 Å². The number of hydrogen-bond donors (Lipinski definition) is 2. The number of sulfone groups is 1. The maximum absolute atomic E-state index is 13.2. The molecule has 2 atom stereocenters. The number of rotatable bonds is 7.